The molecule has 0 amide bonds. The summed E-state index contributed by atoms with van der Waals surface area (Å²) in [7, 11) is 0.781. The molecule has 1 aromatic carbocycles. The molecule has 0 aliphatic heterocycles. The van der Waals surface area contributed by atoms with Gasteiger partial charge in [-0.25, -0.2) is 18.7 Å². The summed E-state index contributed by atoms with van der Waals surface area (Å²) in [6.45, 7) is 0. The number of aliphatic carboxylic acids is 1. The Kier molecular flexibility index (Phi) is 6.84. The molecule has 33 heavy (non-hydrogen) atoms. The molecule has 0 radical (unpaired) electrons. The minimum atomic E-state index is -4.99. The highest BCUT2D eigenvalue weighted by molar-refractivity contribution is 8.00. The van der Waals surface area contributed by atoms with Crippen LogP contribution in [0.1, 0.15) is 5.69 Å². The van der Waals surface area contributed by atoms with Crippen molar-refractivity contribution in [1.29, 1.82) is 0 Å². The molecule has 14 heteroatoms. The monoisotopic (exact) mass is 504 g/mol. The molecule has 0 unspecified atom stereocenters. The number of thioether (sulfide) groups is 1. The minimum Gasteiger partial charge on any atom is -0.549 e. The molecule has 0 spiro atoms. The molecule has 0 bridgehead atoms. The van der Waals surface area contributed by atoms with Crippen LogP contribution >= 0.6 is 23.4 Å². The van der Waals surface area contributed by atoms with Crippen LogP contribution < -0.4 is 21.1 Å². The SMILES string of the molecule is Cn1c(C(F)(F)F)cc(=O)n(-c2cc(Oc3cccnc3SCC(=O)[O-])c(Cl)cc2F)c1=O. The zero-order valence-corrected chi connectivity index (χ0v) is 17.9. The minimum absolute atomic E-state index is 0.0101. The predicted molar refractivity (Wildman–Crippen MR) is 107 cm³/mol. The topological polar surface area (TPSA) is 106 Å². The van der Waals surface area contributed by atoms with Crippen molar-refractivity contribution in [2.75, 3.05) is 5.75 Å². The highest BCUT2D eigenvalue weighted by Gasteiger charge is 2.35. The van der Waals surface area contributed by atoms with Gasteiger partial charge >= 0.3 is 11.9 Å². The predicted octanol–water partition coefficient (Wildman–Crippen LogP) is 2.38. The van der Waals surface area contributed by atoms with E-state index in [-0.39, 0.29) is 36.7 Å². The third-order valence-corrected chi connectivity index (χ3v) is 5.39. The molecule has 0 saturated carbocycles. The Morgan fingerprint density at radius 3 is 2.58 bits per heavy atom. The molecule has 0 atom stereocenters. The molecule has 0 aliphatic rings. The molecule has 2 heterocycles. The summed E-state index contributed by atoms with van der Waals surface area (Å²) in [5.74, 6) is -3.26. The number of aromatic nitrogens is 3. The zero-order valence-electron chi connectivity index (χ0n) is 16.4. The Morgan fingerprint density at radius 2 is 1.94 bits per heavy atom. The third kappa shape index (κ3) is 5.20. The fraction of sp³-hybridized carbons (Fsp3) is 0.158. The summed E-state index contributed by atoms with van der Waals surface area (Å²) in [5.41, 5.74) is -5.09. The Morgan fingerprint density at radius 1 is 1.24 bits per heavy atom. The average molecular weight is 505 g/mol. The first kappa shape index (κ1) is 24.3. The van der Waals surface area contributed by atoms with Crippen molar-refractivity contribution in [2.24, 2.45) is 7.05 Å². The van der Waals surface area contributed by atoms with E-state index in [2.05, 4.69) is 4.98 Å². The Labute approximate surface area is 191 Å². The summed E-state index contributed by atoms with van der Waals surface area (Å²) < 4.78 is 59.7. The number of hydrogen-bond donors (Lipinski definition) is 0. The first-order chi connectivity index (χ1) is 15.4. The Hall–Kier alpha value is -3.32. The average Bonchev–Trinajstić information content (AvgIpc) is 2.72. The lowest BCUT2D eigenvalue weighted by Gasteiger charge is -2.16. The molecule has 2 aromatic heterocycles. The number of carbonyl (C=O) groups is 1. The summed E-state index contributed by atoms with van der Waals surface area (Å²) in [5, 5.41) is 10.5. The van der Waals surface area contributed by atoms with Gasteiger partial charge in [0.1, 0.15) is 22.3 Å². The Balaban J connectivity index is 2.12. The van der Waals surface area contributed by atoms with Crippen LogP contribution in [0.4, 0.5) is 17.6 Å². The standard InChI is InChI=1S/C19H12ClF4N3O5S/c1-26-14(19(22,23)24)7-15(28)27(18(26)31)11-6-13(9(20)5-10(11)21)32-12-3-2-4-25-17(12)33-8-16(29)30/h2-7H,8H2,1H3,(H,29,30)/p-1. The van der Waals surface area contributed by atoms with Crippen molar-refractivity contribution >= 4 is 29.3 Å². The lowest BCUT2D eigenvalue weighted by atomic mass is 10.2. The van der Waals surface area contributed by atoms with Crippen LogP contribution in [0.25, 0.3) is 5.69 Å². The number of ether oxygens (including phenoxy) is 1. The Bertz CT molecular complexity index is 1360. The van der Waals surface area contributed by atoms with E-state index in [0.717, 1.165) is 24.9 Å². The van der Waals surface area contributed by atoms with Crippen molar-refractivity contribution < 1.29 is 32.2 Å². The lowest BCUT2D eigenvalue weighted by Crippen LogP contribution is -2.41. The van der Waals surface area contributed by atoms with Gasteiger partial charge in [0.2, 0.25) is 0 Å². The van der Waals surface area contributed by atoms with Crippen LogP contribution in [0, 0.1) is 5.82 Å². The van der Waals surface area contributed by atoms with Gasteiger partial charge in [-0.15, -0.1) is 0 Å². The zero-order chi connectivity index (χ0) is 24.5. The summed E-state index contributed by atoms with van der Waals surface area (Å²) in [4.78, 5) is 39.5. The molecule has 0 fully saturated rings. The van der Waals surface area contributed by atoms with Crippen LogP contribution in [0.5, 0.6) is 11.5 Å². The first-order valence-corrected chi connectivity index (χ1v) is 10.1. The highest BCUT2D eigenvalue weighted by Crippen LogP contribution is 2.36. The fourth-order valence-electron chi connectivity index (χ4n) is 2.70. The van der Waals surface area contributed by atoms with Crippen molar-refractivity contribution in [1.82, 2.24) is 14.1 Å². The number of benzene rings is 1. The summed E-state index contributed by atoms with van der Waals surface area (Å²) in [6, 6.07) is 4.57. The first-order valence-electron chi connectivity index (χ1n) is 8.75. The summed E-state index contributed by atoms with van der Waals surface area (Å²) >= 11 is 6.76. The van der Waals surface area contributed by atoms with Crippen molar-refractivity contribution in [3.05, 3.63) is 73.9 Å². The number of rotatable bonds is 6. The van der Waals surface area contributed by atoms with Gasteiger partial charge in [0, 0.05) is 31.1 Å². The smallest absolute Gasteiger partial charge is 0.431 e. The number of carboxylic acid groups (broad SMARTS) is 1. The van der Waals surface area contributed by atoms with Crippen LogP contribution in [0.15, 0.2) is 51.1 Å². The molecular formula is C19H11ClF4N3O5S-. The quantitative estimate of drug-likeness (QED) is 0.375. The van der Waals surface area contributed by atoms with E-state index < -0.39 is 46.3 Å². The van der Waals surface area contributed by atoms with E-state index in [4.69, 9.17) is 16.3 Å². The molecule has 3 aromatic rings. The highest BCUT2D eigenvalue weighted by atomic mass is 35.5. The van der Waals surface area contributed by atoms with Crippen LogP contribution in [-0.2, 0) is 18.0 Å². The molecule has 0 aliphatic carbocycles. The fourth-order valence-corrected chi connectivity index (χ4v) is 3.53. The van der Waals surface area contributed by atoms with E-state index in [1.54, 1.807) is 0 Å². The van der Waals surface area contributed by atoms with E-state index in [0.29, 0.717) is 6.07 Å². The number of nitrogens with zero attached hydrogens (tertiary/aromatic N) is 3. The maximum Gasteiger partial charge on any atom is 0.431 e. The number of halogens is 5. The normalized spacial score (nSPS) is 11.5. The second kappa shape index (κ2) is 9.27. The second-order valence-corrected chi connectivity index (χ2v) is 7.72. The largest absolute Gasteiger partial charge is 0.549 e. The molecule has 174 valence electrons. The number of alkyl halides is 3. The van der Waals surface area contributed by atoms with Gasteiger partial charge in [-0.05, 0) is 18.2 Å². The van der Waals surface area contributed by atoms with Gasteiger partial charge in [0.05, 0.1) is 16.7 Å². The van der Waals surface area contributed by atoms with Gasteiger partial charge in [0.15, 0.2) is 5.75 Å². The number of pyridine rings is 1. The number of hydrogen-bond acceptors (Lipinski definition) is 7. The third-order valence-electron chi connectivity index (χ3n) is 4.14. The van der Waals surface area contributed by atoms with Gasteiger partial charge in [-0.3, -0.25) is 9.36 Å². The molecule has 0 N–H and O–H groups in total. The number of carboxylic acids is 1. The molecular weight excluding hydrogens is 494 g/mol. The maximum atomic E-state index is 14.6. The van der Waals surface area contributed by atoms with Crippen LogP contribution in [0.3, 0.4) is 0 Å². The van der Waals surface area contributed by atoms with E-state index in [9.17, 15) is 37.1 Å². The van der Waals surface area contributed by atoms with Crippen molar-refractivity contribution in [3.63, 3.8) is 0 Å². The van der Waals surface area contributed by atoms with Gasteiger partial charge < -0.3 is 14.6 Å². The van der Waals surface area contributed by atoms with Gasteiger partial charge in [0.25, 0.3) is 5.56 Å². The molecule has 8 nitrogen and oxygen atoms in total. The van der Waals surface area contributed by atoms with E-state index in [1.807, 2.05) is 0 Å². The van der Waals surface area contributed by atoms with Crippen molar-refractivity contribution in [2.45, 2.75) is 11.2 Å². The van der Waals surface area contributed by atoms with E-state index in [1.165, 1.54) is 18.3 Å². The number of carbonyl (C=O) groups excluding carboxylic acids is 1. The second-order valence-electron chi connectivity index (χ2n) is 6.35. The van der Waals surface area contributed by atoms with Crippen LogP contribution in [-0.4, -0.2) is 25.8 Å². The molecule has 3 rings (SSSR count). The van der Waals surface area contributed by atoms with Gasteiger partial charge in [-0.1, -0.05) is 23.4 Å². The maximum absolute atomic E-state index is 14.6. The van der Waals surface area contributed by atoms with Crippen molar-refractivity contribution in [3.8, 4) is 17.2 Å². The van der Waals surface area contributed by atoms with Crippen LogP contribution in [0.2, 0.25) is 5.02 Å². The molecule has 0 saturated heterocycles. The van der Waals surface area contributed by atoms with E-state index >= 15 is 0 Å². The summed E-state index contributed by atoms with van der Waals surface area (Å²) in [6.07, 6.45) is -3.63. The van der Waals surface area contributed by atoms with Gasteiger partial charge in [-0.2, -0.15) is 13.2 Å². The lowest BCUT2D eigenvalue weighted by molar-refractivity contribution is -0.301.